The van der Waals surface area contributed by atoms with Crippen LogP contribution >= 0.6 is 0 Å². The lowest BCUT2D eigenvalue weighted by Gasteiger charge is -2.09. The molecule has 1 aromatic carbocycles. The topological polar surface area (TPSA) is 61.8 Å². The van der Waals surface area contributed by atoms with Gasteiger partial charge in [-0.2, -0.15) is 0 Å². The van der Waals surface area contributed by atoms with Gasteiger partial charge in [-0.05, 0) is 19.1 Å². The molecular formula is C12H10F2O5. The first kappa shape index (κ1) is 13.3. The number of rotatable bonds is 4. The van der Waals surface area contributed by atoms with Gasteiger partial charge in [-0.15, -0.1) is 0 Å². The monoisotopic (exact) mass is 272 g/mol. The summed E-state index contributed by atoms with van der Waals surface area (Å²) in [5.74, 6) is -2.04. The summed E-state index contributed by atoms with van der Waals surface area (Å²) < 4.78 is 40.3. The number of esters is 1. The summed E-state index contributed by atoms with van der Waals surface area (Å²) in [5, 5.41) is 0. The second kappa shape index (κ2) is 5.21. The Morgan fingerprint density at radius 1 is 1.32 bits per heavy atom. The van der Waals surface area contributed by atoms with E-state index < -0.39 is 29.3 Å². The van der Waals surface area contributed by atoms with Crippen molar-refractivity contribution in [3.05, 3.63) is 23.3 Å². The van der Waals surface area contributed by atoms with Crippen LogP contribution in [0.3, 0.4) is 0 Å². The maximum atomic E-state index is 12.9. The Bertz CT molecular complexity index is 527. The molecule has 0 saturated heterocycles. The number of carbonyl (C=O) groups excluding carboxylic acids is 2. The molecule has 0 aromatic heterocycles. The van der Waals surface area contributed by atoms with Crippen LogP contribution in [0, 0.1) is 0 Å². The van der Waals surface area contributed by atoms with Gasteiger partial charge in [0.25, 0.3) is 12.2 Å². The molecule has 102 valence electrons. The molecule has 0 fully saturated rings. The summed E-state index contributed by atoms with van der Waals surface area (Å²) in [5.41, 5.74) is -1.01. The van der Waals surface area contributed by atoms with E-state index in [9.17, 15) is 18.4 Å². The van der Waals surface area contributed by atoms with Gasteiger partial charge in [0, 0.05) is 11.1 Å². The standard InChI is InChI=1S/C12H10F2O5/c1-2-17-12(16)10(15)6-3-8-9(19-5-18-8)4-7(6)11(13)14/h3-4,11H,2,5H2,1H3. The van der Waals surface area contributed by atoms with Gasteiger partial charge in [0.05, 0.1) is 6.61 Å². The van der Waals surface area contributed by atoms with E-state index in [0.29, 0.717) is 0 Å². The third kappa shape index (κ3) is 2.49. The van der Waals surface area contributed by atoms with Gasteiger partial charge >= 0.3 is 5.97 Å². The maximum Gasteiger partial charge on any atom is 0.379 e. The lowest BCUT2D eigenvalue weighted by Crippen LogP contribution is -2.19. The van der Waals surface area contributed by atoms with Crippen LogP contribution in [0.4, 0.5) is 8.78 Å². The number of fused-ring (bicyclic) bond motifs is 1. The fourth-order valence-electron chi connectivity index (χ4n) is 1.64. The van der Waals surface area contributed by atoms with E-state index in [1.807, 2.05) is 0 Å². The molecule has 19 heavy (non-hydrogen) atoms. The summed E-state index contributed by atoms with van der Waals surface area (Å²) in [6.07, 6.45) is -2.91. The molecule has 1 aromatic rings. The summed E-state index contributed by atoms with van der Waals surface area (Å²) in [6.45, 7) is 1.38. The van der Waals surface area contributed by atoms with E-state index in [4.69, 9.17) is 9.47 Å². The molecule has 2 rings (SSSR count). The first-order valence-electron chi connectivity index (χ1n) is 5.47. The Morgan fingerprint density at radius 3 is 2.53 bits per heavy atom. The van der Waals surface area contributed by atoms with Crippen LogP contribution in [0.15, 0.2) is 12.1 Å². The number of hydrogen-bond acceptors (Lipinski definition) is 5. The number of ketones is 1. The molecule has 0 aliphatic carbocycles. The number of alkyl halides is 2. The second-order valence-corrected chi connectivity index (χ2v) is 3.64. The smallest absolute Gasteiger partial charge is 0.379 e. The Labute approximate surface area is 107 Å². The van der Waals surface area contributed by atoms with Crippen molar-refractivity contribution >= 4 is 11.8 Å². The molecule has 0 saturated carbocycles. The molecule has 0 atom stereocenters. The Balaban J connectivity index is 2.43. The molecule has 0 unspecified atom stereocenters. The Morgan fingerprint density at radius 2 is 1.95 bits per heavy atom. The summed E-state index contributed by atoms with van der Waals surface area (Å²) in [4.78, 5) is 23.1. The van der Waals surface area contributed by atoms with Gasteiger partial charge in [0.2, 0.25) is 6.79 Å². The van der Waals surface area contributed by atoms with E-state index in [-0.39, 0.29) is 24.9 Å². The largest absolute Gasteiger partial charge is 0.460 e. The van der Waals surface area contributed by atoms with Crippen molar-refractivity contribution in [1.82, 2.24) is 0 Å². The number of ether oxygens (including phenoxy) is 3. The van der Waals surface area contributed by atoms with Gasteiger partial charge in [-0.3, -0.25) is 4.79 Å². The predicted molar refractivity (Wildman–Crippen MR) is 58.5 cm³/mol. The van der Waals surface area contributed by atoms with Crippen LogP contribution in [-0.4, -0.2) is 25.2 Å². The van der Waals surface area contributed by atoms with Gasteiger partial charge in [0.1, 0.15) is 0 Å². The van der Waals surface area contributed by atoms with E-state index in [1.54, 1.807) is 0 Å². The minimum absolute atomic E-state index is 0.0147. The minimum atomic E-state index is -2.91. The molecule has 7 heteroatoms. The molecule has 0 bridgehead atoms. The molecule has 1 aliphatic heterocycles. The zero-order valence-electron chi connectivity index (χ0n) is 9.94. The Hall–Kier alpha value is -2.18. The van der Waals surface area contributed by atoms with Crippen LogP contribution in [0.2, 0.25) is 0 Å². The van der Waals surface area contributed by atoms with Gasteiger partial charge in [-0.25, -0.2) is 13.6 Å². The fraction of sp³-hybridized carbons (Fsp3) is 0.333. The van der Waals surface area contributed by atoms with E-state index in [0.717, 1.165) is 12.1 Å². The van der Waals surface area contributed by atoms with Crippen LogP contribution in [0.1, 0.15) is 29.3 Å². The number of halogens is 2. The normalized spacial score (nSPS) is 12.6. The van der Waals surface area contributed by atoms with Gasteiger partial charge in [-0.1, -0.05) is 0 Å². The highest BCUT2D eigenvalue weighted by atomic mass is 19.3. The third-order valence-corrected chi connectivity index (χ3v) is 2.49. The zero-order valence-corrected chi connectivity index (χ0v) is 9.94. The minimum Gasteiger partial charge on any atom is -0.460 e. The Kier molecular flexibility index (Phi) is 3.64. The SMILES string of the molecule is CCOC(=O)C(=O)c1cc2c(cc1C(F)F)OCO2. The average molecular weight is 272 g/mol. The molecule has 0 radical (unpaired) electrons. The first-order chi connectivity index (χ1) is 9.04. The lowest BCUT2D eigenvalue weighted by atomic mass is 10.0. The van der Waals surface area contributed by atoms with Crippen molar-refractivity contribution in [2.24, 2.45) is 0 Å². The first-order valence-corrected chi connectivity index (χ1v) is 5.47. The van der Waals surface area contributed by atoms with E-state index in [1.165, 1.54) is 6.92 Å². The van der Waals surface area contributed by atoms with Gasteiger partial charge in [0.15, 0.2) is 11.5 Å². The number of Topliss-reactive ketones (excluding diaryl/α,β-unsaturated/α-hetero) is 1. The van der Waals surface area contributed by atoms with Crippen molar-refractivity contribution < 1.29 is 32.6 Å². The highest BCUT2D eigenvalue weighted by Gasteiger charge is 2.28. The van der Waals surface area contributed by atoms with Crippen molar-refractivity contribution in [2.45, 2.75) is 13.3 Å². The van der Waals surface area contributed by atoms with Crippen LogP contribution in [-0.2, 0) is 9.53 Å². The molecule has 0 spiro atoms. The fourth-order valence-corrected chi connectivity index (χ4v) is 1.64. The highest BCUT2D eigenvalue weighted by molar-refractivity contribution is 6.41. The summed E-state index contributed by atoms with van der Waals surface area (Å²) in [6, 6.07) is 2.07. The van der Waals surface area contributed by atoms with Crippen LogP contribution in [0.25, 0.3) is 0 Å². The molecule has 0 amide bonds. The number of benzene rings is 1. The van der Waals surface area contributed by atoms with E-state index >= 15 is 0 Å². The maximum absolute atomic E-state index is 12.9. The molecule has 0 N–H and O–H groups in total. The predicted octanol–water partition coefficient (Wildman–Crippen LogP) is 2.10. The number of hydrogen-bond donors (Lipinski definition) is 0. The van der Waals surface area contributed by atoms with E-state index in [2.05, 4.69) is 4.74 Å². The average Bonchev–Trinajstić information content (AvgIpc) is 2.83. The van der Waals surface area contributed by atoms with Crippen molar-refractivity contribution in [3.63, 3.8) is 0 Å². The molecule has 5 nitrogen and oxygen atoms in total. The molecule has 1 heterocycles. The summed E-state index contributed by atoms with van der Waals surface area (Å²) >= 11 is 0. The zero-order chi connectivity index (χ0) is 14.0. The molecular weight excluding hydrogens is 262 g/mol. The number of carbonyl (C=O) groups is 2. The quantitative estimate of drug-likeness (QED) is 0.477. The highest BCUT2D eigenvalue weighted by Crippen LogP contribution is 2.38. The van der Waals surface area contributed by atoms with Crippen molar-refractivity contribution in [3.8, 4) is 11.5 Å². The van der Waals surface area contributed by atoms with Crippen LogP contribution in [0.5, 0.6) is 11.5 Å². The summed E-state index contributed by atoms with van der Waals surface area (Å²) in [7, 11) is 0. The second-order valence-electron chi connectivity index (χ2n) is 3.64. The van der Waals surface area contributed by atoms with Crippen LogP contribution < -0.4 is 9.47 Å². The lowest BCUT2D eigenvalue weighted by molar-refractivity contribution is -0.137. The molecule has 1 aliphatic rings. The third-order valence-electron chi connectivity index (χ3n) is 2.49. The van der Waals surface area contributed by atoms with Gasteiger partial charge < -0.3 is 14.2 Å². The van der Waals surface area contributed by atoms with Crippen molar-refractivity contribution in [1.29, 1.82) is 0 Å². The van der Waals surface area contributed by atoms with Crippen molar-refractivity contribution in [2.75, 3.05) is 13.4 Å².